The number of thioether (sulfide) groups is 1. The fourth-order valence-corrected chi connectivity index (χ4v) is 4.36. The predicted molar refractivity (Wildman–Crippen MR) is 102 cm³/mol. The van der Waals surface area contributed by atoms with E-state index in [1.54, 1.807) is 6.92 Å². The van der Waals surface area contributed by atoms with Crippen molar-refractivity contribution < 1.29 is 14.3 Å². The minimum Gasteiger partial charge on any atom is -0.384 e. The van der Waals surface area contributed by atoms with Gasteiger partial charge >= 0.3 is 5.69 Å². The lowest BCUT2D eigenvalue weighted by molar-refractivity contribution is -0.117. The van der Waals surface area contributed by atoms with E-state index < -0.39 is 22.9 Å². The zero-order valence-electron chi connectivity index (χ0n) is 14.7. The number of anilines is 1. The first-order valence-electron chi connectivity index (χ1n) is 7.76. The summed E-state index contributed by atoms with van der Waals surface area (Å²) in [5.74, 6) is -1.30. The largest absolute Gasteiger partial charge is 0.384 e. The number of aromatic nitrogens is 3. The van der Waals surface area contributed by atoms with E-state index >= 15 is 0 Å². The maximum absolute atomic E-state index is 12.5. The van der Waals surface area contributed by atoms with Gasteiger partial charge in [0.25, 0.3) is 5.56 Å². The van der Waals surface area contributed by atoms with E-state index in [1.165, 1.54) is 18.4 Å². The Hall–Kier alpha value is -2.44. The summed E-state index contributed by atoms with van der Waals surface area (Å²) in [7, 11) is 1.46. The Morgan fingerprint density at radius 1 is 1.37 bits per heavy atom. The van der Waals surface area contributed by atoms with Gasteiger partial charge in [0.1, 0.15) is 11.4 Å². The number of H-pyrrole nitrogens is 1. The number of thiazole rings is 1. The van der Waals surface area contributed by atoms with Crippen molar-refractivity contribution in [2.45, 2.75) is 24.2 Å². The lowest BCUT2D eigenvalue weighted by Crippen LogP contribution is -2.37. The summed E-state index contributed by atoms with van der Waals surface area (Å²) >= 11 is 2.38. The number of nitrogens with zero attached hydrogens (tertiary/aromatic N) is 2. The molecule has 0 unspecified atom stereocenters. The van der Waals surface area contributed by atoms with Crippen molar-refractivity contribution in [1.82, 2.24) is 14.5 Å². The van der Waals surface area contributed by atoms with Gasteiger partial charge in [-0.1, -0.05) is 11.8 Å². The lowest BCUT2D eigenvalue weighted by Gasteiger charge is -2.11. The van der Waals surface area contributed by atoms with Gasteiger partial charge in [-0.2, -0.15) is 0 Å². The van der Waals surface area contributed by atoms with Gasteiger partial charge in [0.2, 0.25) is 5.91 Å². The highest BCUT2D eigenvalue weighted by Crippen LogP contribution is 2.28. The van der Waals surface area contributed by atoms with Crippen molar-refractivity contribution in [2.75, 3.05) is 25.2 Å². The van der Waals surface area contributed by atoms with Crippen molar-refractivity contribution >= 4 is 40.6 Å². The number of carbonyl (C=O) groups is 2. The Morgan fingerprint density at radius 3 is 2.70 bits per heavy atom. The summed E-state index contributed by atoms with van der Waals surface area (Å²) < 4.78 is 6.55. The number of aromatic amines is 1. The molecule has 0 fully saturated rings. The Balaban J connectivity index is 2.20. The molecule has 2 heterocycles. The van der Waals surface area contributed by atoms with E-state index in [0.29, 0.717) is 10.0 Å². The molecule has 0 atom stereocenters. The van der Waals surface area contributed by atoms with Crippen LogP contribution in [0, 0.1) is 6.92 Å². The molecule has 2 aromatic heterocycles. The van der Waals surface area contributed by atoms with E-state index in [0.717, 1.165) is 21.2 Å². The van der Waals surface area contributed by atoms with Crippen LogP contribution in [0.3, 0.4) is 0 Å². The molecule has 10 nitrogen and oxygen atoms in total. The highest BCUT2D eigenvalue weighted by molar-refractivity contribution is 8.01. The molecule has 146 valence electrons. The Kier molecular flexibility index (Phi) is 6.93. The average molecular weight is 413 g/mol. The smallest absolute Gasteiger partial charge is 0.330 e. The second kappa shape index (κ2) is 8.97. The van der Waals surface area contributed by atoms with Crippen LogP contribution >= 0.6 is 23.1 Å². The first-order chi connectivity index (χ1) is 12.7. The second-order valence-electron chi connectivity index (χ2n) is 5.51. The van der Waals surface area contributed by atoms with Gasteiger partial charge in [-0.3, -0.25) is 23.9 Å². The number of methoxy groups -OCH3 is 1. The van der Waals surface area contributed by atoms with Crippen LogP contribution in [0.25, 0.3) is 0 Å². The van der Waals surface area contributed by atoms with Crippen LogP contribution in [-0.4, -0.2) is 45.7 Å². The molecule has 0 aliphatic carbocycles. The minimum atomic E-state index is -0.832. The first-order valence-corrected chi connectivity index (χ1v) is 9.57. The van der Waals surface area contributed by atoms with Crippen LogP contribution in [-0.2, 0) is 22.5 Å². The van der Waals surface area contributed by atoms with Crippen LogP contribution in [0.1, 0.15) is 20.9 Å². The number of carbonyl (C=O) groups excluding carboxylic acids is 2. The molecule has 2 rings (SSSR count). The minimum absolute atomic E-state index is 0.0785. The molecule has 2 aromatic rings. The van der Waals surface area contributed by atoms with Crippen molar-refractivity contribution in [3.05, 3.63) is 37.0 Å². The third-order valence-electron chi connectivity index (χ3n) is 3.57. The Labute approximate surface area is 161 Å². The fourth-order valence-electron chi connectivity index (χ4n) is 2.25. The third-order valence-corrected chi connectivity index (χ3v) is 5.87. The number of aryl methyl sites for hydroxylation is 1. The second-order valence-corrected chi connectivity index (χ2v) is 7.81. The standard InChI is InChI=1S/C15H19N5O5S2/c1-7-9(5-10(16)22)27-15(18-7)26-6-8(21)11-12(17)20(3-4-25-2)14(24)19-13(11)23/h3-6,17H2,1-2H3,(H2,16,22)(H,19,23,24). The maximum atomic E-state index is 12.5. The number of hydrogen-bond acceptors (Lipinski definition) is 9. The number of primary amides is 1. The van der Waals surface area contributed by atoms with Gasteiger partial charge in [-0.25, -0.2) is 9.78 Å². The molecule has 0 aliphatic heterocycles. The summed E-state index contributed by atoms with van der Waals surface area (Å²) in [6.07, 6.45) is 0.0785. The van der Waals surface area contributed by atoms with Crippen LogP contribution in [0.15, 0.2) is 13.9 Å². The molecule has 0 saturated carbocycles. The van der Waals surface area contributed by atoms with Crippen LogP contribution in [0.2, 0.25) is 0 Å². The van der Waals surface area contributed by atoms with Gasteiger partial charge in [0, 0.05) is 12.0 Å². The van der Waals surface area contributed by atoms with Crippen molar-refractivity contribution in [1.29, 1.82) is 0 Å². The zero-order chi connectivity index (χ0) is 20.1. The maximum Gasteiger partial charge on any atom is 0.330 e. The lowest BCUT2D eigenvalue weighted by atomic mass is 10.2. The van der Waals surface area contributed by atoms with E-state index in [1.807, 2.05) is 0 Å². The van der Waals surface area contributed by atoms with E-state index in [2.05, 4.69) is 9.97 Å². The Bertz CT molecular complexity index is 978. The van der Waals surface area contributed by atoms with Gasteiger partial charge in [0.15, 0.2) is 10.1 Å². The normalized spacial score (nSPS) is 10.9. The molecule has 5 N–H and O–H groups in total. The Morgan fingerprint density at radius 2 is 2.07 bits per heavy atom. The SMILES string of the molecule is COCCn1c(N)c(C(=O)CSc2nc(C)c(CC(N)=O)s2)c(=O)[nH]c1=O. The molecule has 27 heavy (non-hydrogen) atoms. The van der Waals surface area contributed by atoms with Crippen LogP contribution < -0.4 is 22.7 Å². The van der Waals surface area contributed by atoms with Gasteiger partial charge in [-0.05, 0) is 6.92 Å². The summed E-state index contributed by atoms with van der Waals surface area (Å²) in [6, 6.07) is 0. The number of ketones is 1. The highest BCUT2D eigenvalue weighted by atomic mass is 32.2. The monoisotopic (exact) mass is 413 g/mol. The molecular weight excluding hydrogens is 394 g/mol. The highest BCUT2D eigenvalue weighted by Gasteiger charge is 2.20. The summed E-state index contributed by atoms with van der Waals surface area (Å²) in [6.45, 7) is 2.04. The number of amides is 1. The molecule has 0 aliphatic rings. The molecule has 0 aromatic carbocycles. The summed E-state index contributed by atoms with van der Waals surface area (Å²) in [5.41, 5.74) is 9.91. The van der Waals surface area contributed by atoms with Crippen molar-refractivity contribution in [2.24, 2.45) is 5.73 Å². The van der Waals surface area contributed by atoms with Gasteiger partial charge < -0.3 is 16.2 Å². The van der Waals surface area contributed by atoms with E-state index in [-0.39, 0.29) is 36.7 Å². The van der Waals surface area contributed by atoms with E-state index in [4.69, 9.17) is 16.2 Å². The topological polar surface area (TPSA) is 163 Å². The number of rotatable bonds is 9. The first kappa shape index (κ1) is 20.9. The molecule has 1 amide bonds. The number of hydrogen-bond donors (Lipinski definition) is 3. The molecule has 0 saturated heterocycles. The van der Waals surface area contributed by atoms with Gasteiger partial charge in [-0.15, -0.1) is 11.3 Å². The molecule has 12 heteroatoms. The predicted octanol–water partition coefficient (Wildman–Crippen LogP) is -0.467. The third kappa shape index (κ3) is 5.05. The summed E-state index contributed by atoms with van der Waals surface area (Å²) in [4.78, 5) is 54.5. The fraction of sp³-hybridized carbons (Fsp3) is 0.400. The number of nitrogens with one attached hydrogen (secondary N) is 1. The summed E-state index contributed by atoms with van der Waals surface area (Å²) in [5, 5.41) is 0. The van der Waals surface area contributed by atoms with Crippen molar-refractivity contribution in [3.63, 3.8) is 0 Å². The van der Waals surface area contributed by atoms with Crippen LogP contribution in [0.4, 0.5) is 5.82 Å². The van der Waals surface area contributed by atoms with Gasteiger partial charge in [0.05, 0.1) is 31.0 Å². The number of nitrogen functional groups attached to an aromatic ring is 1. The quantitative estimate of drug-likeness (QED) is 0.367. The molecular formula is C15H19N5O5S2. The zero-order valence-corrected chi connectivity index (χ0v) is 16.4. The molecule has 0 spiro atoms. The average Bonchev–Trinajstić information content (AvgIpc) is 2.91. The van der Waals surface area contributed by atoms with Crippen molar-refractivity contribution in [3.8, 4) is 0 Å². The molecule has 0 radical (unpaired) electrons. The number of Topliss-reactive ketones (excluding diaryl/α,β-unsaturated/α-hetero) is 1. The number of ether oxygens (including phenoxy) is 1. The van der Waals surface area contributed by atoms with E-state index in [9.17, 15) is 19.2 Å². The molecule has 0 bridgehead atoms. The van der Waals surface area contributed by atoms with Crippen LogP contribution in [0.5, 0.6) is 0 Å². The number of nitrogens with two attached hydrogens (primary N) is 2.